The molecule has 18 heavy (non-hydrogen) atoms. The highest BCUT2D eigenvalue weighted by Crippen LogP contribution is 2.45. The van der Waals surface area contributed by atoms with Crippen molar-refractivity contribution in [3.05, 3.63) is 0 Å². The van der Waals surface area contributed by atoms with Crippen LogP contribution in [0.25, 0.3) is 0 Å². The van der Waals surface area contributed by atoms with Crippen LogP contribution in [0, 0.1) is 11.8 Å². The molecular weight excluding hydrogens is 254 g/mol. The molecule has 0 bridgehead atoms. The molecule has 1 aliphatic heterocycles. The fourth-order valence-electron chi connectivity index (χ4n) is 2.13. The van der Waals surface area contributed by atoms with Crippen molar-refractivity contribution >= 4 is 15.7 Å². The van der Waals surface area contributed by atoms with E-state index in [1.165, 1.54) is 0 Å². The Morgan fingerprint density at radius 2 is 2.06 bits per heavy atom. The van der Waals surface area contributed by atoms with Gasteiger partial charge in [-0.15, -0.1) is 0 Å². The summed E-state index contributed by atoms with van der Waals surface area (Å²) < 4.78 is 26.8. The van der Waals surface area contributed by atoms with E-state index < -0.39 is 7.82 Å². The Hall–Kier alpha value is 0.135. The lowest BCUT2D eigenvalue weighted by atomic mass is 9.84. The largest absolute Gasteiger partial charge is 0.472 e. The van der Waals surface area contributed by atoms with Gasteiger partial charge in [-0.25, -0.2) is 4.57 Å². The van der Waals surface area contributed by atoms with Crippen LogP contribution in [-0.2, 0) is 18.3 Å². The van der Waals surface area contributed by atoms with Gasteiger partial charge in [0.15, 0.2) is 0 Å². The Kier molecular flexibility index (Phi) is 5.87. The molecule has 5 nitrogen and oxygen atoms in total. The van der Waals surface area contributed by atoms with Crippen molar-refractivity contribution in [1.29, 1.82) is 0 Å². The van der Waals surface area contributed by atoms with E-state index in [2.05, 4.69) is 13.8 Å². The Morgan fingerprint density at radius 3 is 2.56 bits per heavy atom. The minimum Gasteiger partial charge on any atom is -0.382 e. The molecule has 1 rings (SSSR count). The molecule has 2 radical (unpaired) electrons. The molecule has 0 aromatic carbocycles. The average Bonchev–Trinajstić information content (AvgIpc) is 2.55. The number of ether oxygens (including phenoxy) is 1. The molecule has 0 aromatic rings. The van der Waals surface area contributed by atoms with Crippen LogP contribution in [0.15, 0.2) is 0 Å². The molecule has 0 amide bonds. The maximum absolute atomic E-state index is 11.6. The molecule has 1 N–H and O–H groups in total. The zero-order chi connectivity index (χ0) is 13.9. The maximum atomic E-state index is 11.6. The second-order valence-electron chi connectivity index (χ2n) is 5.28. The average molecular weight is 276 g/mol. The van der Waals surface area contributed by atoms with Crippen molar-refractivity contribution in [2.24, 2.45) is 11.8 Å². The van der Waals surface area contributed by atoms with Crippen LogP contribution < -0.4 is 0 Å². The van der Waals surface area contributed by atoms with Crippen molar-refractivity contribution in [2.75, 3.05) is 6.61 Å². The molecule has 1 saturated heterocycles. The van der Waals surface area contributed by atoms with E-state index in [9.17, 15) is 9.46 Å². The van der Waals surface area contributed by atoms with Gasteiger partial charge >= 0.3 is 7.82 Å². The second-order valence-corrected chi connectivity index (χ2v) is 6.68. The number of phosphoric acid groups is 1. The molecule has 4 atom stereocenters. The summed E-state index contributed by atoms with van der Waals surface area (Å²) >= 11 is 0. The Balaban J connectivity index is 2.49. The van der Waals surface area contributed by atoms with Gasteiger partial charge in [-0.3, -0.25) is 9.05 Å². The summed E-state index contributed by atoms with van der Waals surface area (Å²) in [6.07, 6.45) is 0.122. The molecule has 1 aliphatic rings. The third-order valence-electron chi connectivity index (χ3n) is 2.93. The fraction of sp³-hybridized carbons (Fsp3) is 1.00. The third kappa shape index (κ3) is 5.02. The van der Waals surface area contributed by atoms with E-state index in [0.717, 1.165) is 6.42 Å². The van der Waals surface area contributed by atoms with Crippen LogP contribution in [0.1, 0.15) is 34.1 Å². The lowest BCUT2D eigenvalue weighted by Gasteiger charge is -2.23. The van der Waals surface area contributed by atoms with Gasteiger partial charge in [0.1, 0.15) is 7.85 Å². The standard InChI is InChI=1S/C11H22BO5P/c1-7(2)9-5-11(12)16-10(9)6-15-18(13,14)17-8(3)4/h7-11H,5-6H2,1-4H3,(H,13,14)/t9-,10+,11+/m0/s1. The number of hydrogen-bond donors (Lipinski definition) is 1. The minimum absolute atomic E-state index is 0.0248. The maximum Gasteiger partial charge on any atom is 0.472 e. The van der Waals surface area contributed by atoms with Crippen molar-refractivity contribution < 1.29 is 23.2 Å². The zero-order valence-electron chi connectivity index (χ0n) is 11.4. The molecule has 0 saturated carbocycles. The predicted molar refractivity (Wildman–Crippen MR) is 69.4 cm³/mol. The van der Waals surface area contributed by atoms with Crippen molar-refractivity contribution in [3.63, 3.8) is 0 Å². The first-order valence-corrected chi connectivity index (χ1v) is 7.77. The second kappa shape index (κ2) is 6.53. The highest BCUT2D eigenvalue weighted by atomic mass is 31.2. The first-order chi connectivity index (χ1) is 8.21. The first kappa shape index (κ1) is 16.2. The summed E-state index contributed by atoms with van der Waals surface area (Å²) in [7, 11) is 1.73. The molecule has 1 unspecified atom stereocenters. The van der Waals surface area contributed by atoms with E-state index in [1.54, 1.807) is 13.8 Å². The van der Waals surface area contributed by atoms with E-state index in [0.29, 0.717) is 5.92 Å². The van der Waals surface area contributed by atoms with Crippen LogP contribution in [0.3, 0.4) is 0 Å². The minimum atomic E-state index is -4.00. The Bertz CT molecular complexity index is 310. The van der Waals surface area contributed by atoms with Crippen molar-refractivity contribution in [2.45, 2.75) is 52.3 Å². The summed E-state index contributed by atoms with van der Waals surface area (Å²) in [5, 5.41) is 0. The molecule has 0 aliphatic carbocycles. The smallest absolute Gasteiger partial charge is 0.382 e. The molecule has 0 spiro atoms. The highest BCUT2D eigenvalue weighted by Gasteiger charge is 2.36. The lowest BCUT2D eigenvalue weighted by molar-refractivity contribution is 0.0104. The number of hydrogen-bond acceptors (Lipinski definition) is 4. The quantitative estimate of drug-likeness (QED) is 0.594. The lowest BCUT2D eigenvalue weighted by Crippen LogP contribution is -2.26. The Labute approximate surface area is 110 Å². The van der Waals surface area contributed by atoms with E-state index in [4.69, 9.17) is 21.6 Å². The van der Waals surface area contributed by atoms with Crippen molar-refractivity contribution in [1.82, 2.24) is 0 Å². The van der Waals surface area contributed by atoms with E-state index in [-0.39, 0.29) is 30.7 Å². The molecule has 7 heteroatoms. The molecule has 104 valence electrons. The summed E-state index contributed by atoms with van der Waals surface area (Å²) in [5.41, 5.74) is 0. The summed E-state index contributed by atoms with van der Waals surface area (Å²) in [5.74, 6) is 0.621. The van der Waals surface area contributed by atoms with Gasteiger partial charge in [0.25, 0.3) is 0 Å². The van der Waals surface area contributed by atoms with Crippen LogP contribution in [0.4, 0.5) is 0 Å². The van der Waals surface area contributed by atoms with Gasteiger partial charge in [0.05, 0.1) is 18.8 Å². The van der Waals surface area contributed by atoms with E-state index >= 15 is 0 Å². The molecule has 1 fully saturated rings. The number of phosphoric ester groups is 1. The SMILES string of the molecule is [B][C@H]1C[C@@H](C(C)C)[C@@H](COP(=O)(O)OC(C)C)O1. The van der Waals surface area contributed by atoms with Crippen molar-refractivity contribution in [3.8, 4) is 0 Å². The topological polar surface area (TPSA) is 65.0 Å². The molecule has 0 aromatic heterocycles. The first-order valence-electron chi connectivity index (χ1n) is 6.28. The molecular formula is C11H22BO5P. The fourth-order valence-corrected chi connectivity index (χ4v) is 3.06. The van der Waals surface area contributed by atoms with Crippen LogP contribution in [-0.4, -0.2) is 37.6 Å². The van der Waals surface area contributed by atoms with Gasteiger partial charge in [-0.05, 0) is 32.1 Å². The zero-order valence-corrected chi connectivity index (χ0v) is 12.3. The summed E-state index contributed by atoms with van der Waals surface area (Å²) in [6, 6.07) is -0.324. The Morgan fingerprint density at radius 1 is 1.44 bits per heavy atom. The van der Waals surface area contributed by atoms with Crippen LogP contribution in [0.2, 0.25) is 0 Å². The van der Waals surface area contributed by atoms with Gasteiger partial charge in [0, 0.05) is 6.00 Å². The molecule has 1 heterocycles. The van der Waals surface area contributed by atoms with Gasteiger partial charge < -0.3 is 9.63 Å². The normalized spacial score (nSPS) is 32.1. The van der Waals surface area contributed by atoms with Gasteiger partial charge in [-0.1, -0.05) is 13.8 Å². The highest BCUT2D eigenvalue weighted by molar-refractivity contribution is 7.47. The summed E-state index contributed by atoms with van der Waals surface area (Å²) in [4.78, 5) is 9.46. The summed E-state index contributed by atoms with van der Waals surface area (Å²) in [6.45, 7) is 7.51. The van der Waals surface area contributed by atoms with Gasteiger partial charge in [-0.2, -0.15) is 0 Å². The van der Waals surface area contributed by atoms with Crippen LogP contribution >= 0.6 is 7.82 Å². The van der Waals surface area contributed by atoms with Gasteiger partial charge in [0.2, 0.25) is 0 Å². The third-order valence-corrected chi connectivity index (χ3v) is 4.10. The predicted octanol–water partition coefficient (Wildman–Crippen LogP) is 2.08. The van der Waals surface area contributed by atoms with Crippen LogP contribution in [0.5, 0.6) is 0 Å². The van der Waals surface area contributed by atoms with E-state index in [1.807, 2.05) is 0 Å². The monoisotopic (exact) mass is 276 g/mol. The number of rotatable bonds is 6.